The Labute approximate surface area is 134 Å². The molecule has 23 heavy (non-hydrogen) atoms. The van der Waals surface area contributed by atoms with Gasteiger partial charge in [-0.25, -0.2) is 4.98 Å². The van der Waals surface area contributed by atoms with Crippen molar-refractivity contribution in [1.29, 1.82) is 0 Å². The number of pyridine rings is 1. The lowest BCUT2D eigenvalue weighted by atomic mass is 10.2. The number of unbranched alkanes of at least 4 members (excludes halogenated alkanes) is 1. The highest BCUT2D eigenvalue weighted by atomic mass is 16.1. The SMILES string of the molecule is CC#CCCn1[nH]cc2c(N)c3c(=O)n(CCCC)cc3nc21. The molecule has 0 bridgehead atoms. The third kappa shape index (κ3) is 2.59. The number of nitrogens with one attached hydrogen (secondary N) is 1. The summed E-state index contributed by atoms with van der Waals surface area (Å²) >= 11 is 0. The molecule has 0 aromatic carbocycles. The molecule has 0 saturated heterocycles. The Morgan fingerprint density at radius 1 is 1.39 bits per heavy atom. The van der Waals surface area contributed by atoms with Gasteiger partial charge in [0.1, 0.15) is 0 Å². The summed E-state index contributed by atoms with van der Waals surface area (Å²) in [5.74, 6) is 5.92. The Kier molecular flexibility index (Phi) is 4.11. The van der Waals surface area contributed by atoms with Crippen molar-refractivity contribution in [1.82, 2.24) is 19.3 Å². The number of nitrogens with zero attached hydrogens (tertiary/aromatic N) is 3. The smallest absolute Gasteiger partial charge is 0.262 e. The third-order valence-corrected chi connectivity index (χ3v) is 4.05. The second-order valence-electron chi connectivity index (χ2n) is 5.61. The highest BCUT2D eigenvalue weighted by Gasteiger charge is 2.16. The van der Waals surface area contributed by atoms with E-state index in [1.165, 1.54) is 0 Å². The van der Waals surface area contributed by atoms with E-state index in [0.717, 1.165) is 30.3 Å². The summed E-state index contributed by atoms with van der Waals surface area (Å²) in [6, 6.07) is 0. The van der Waals surface area contributed by atoms with E-state index in [9.17, 15) is 4.79 Å². The fraction of sp³-hybridized carbons (Fsp3) is 0.412. The Hall–Kier alpha value is -2.68. The fourth-order valence-corrected chi connectivity index (χ4v) is 2.80. The number of rotatable bonds is 5. The Bertz CT molecular complexity index is 964. The number of nitrogen functional groups attached to an aromatic ring is 1. The molecule has 0 spiro atoms. The predicted octanol–water partition coefficient (Wildman–Crippen LogP) is 2.48. The predicted molar refractivity (Wildman–Crippen MR) is 93.2 cm³/mol. The molecule has 0 fully saturated rings. The molecule has 0 saturated carbocycles. The number of hydrogen-bond donors (Lipinski definition) is 2. The van der Waals surface area contributed by atoms with Gasteiger partial charge >= 0.3 is 0 Å². The lowest BCUT2D eigenvalue weighted by Crippen LogP contribution is -2.15. The van der Waals surface area contributed by atoms with Crippen molar-refractivity contribution in [3.63, 3.8) is 0 Å². The van der Waals surface area contributed by atoms with E-state index in [1.807, 2.05) is 17.8 Å². The standard InChI is InChI=1S/C17H21N5O/c1-3-5-7-9-22-16-12(10-19-22)15(18)14-13(20-16)11-21(17(14)23)8-6-4-2/h10-11,19H,4,6-9,18H2,1-2H3. The molecule has 6 nitrogen and oxygen atoms in total. The van der Waals surface area contributed by atoms with Crippen LogP contribution in [0.3, 0.4) is 0 Å². The molecule has 3 aromatic heterocycles. The average molecular weight is 311 g/mol. The van der Waals surface area contributed by atoms with Crippen molar-refractivity contribution >= 4 is 27.6 Å². The number of nitrogens with two attached hydrogens (primary N) is 1. The molecule has 6 heteroatoms. The van der Waals surface area contributed by atoms with Gasteiger partial charge in [0.15, 0.2) is 5.65 Å². The topological polar surface area (TPSA) is 81.6 Å². The summed E-state index contributed by atoms with van der Waals surface area (Å²) in [5, 5.41) is 4.45. The first-order chi connectivity index (χ1) is 11.2. The highest BCUT2D eigenvalue weighted by molar-refractivity contribution is 6.05. The van der Waals surface area contributed by atoms with E-state index in [4.69, 9.17) is 5.73 Å². The van der Waals surface area contributed by atoms with Crippen LogP contribution in [0.15, 0.2) is 17.2 Å². The molecule has 3 aromatic rings. The minimum atomic E-state index is -0.0510. The van der Waals surface area contributed by atoms with Crippen LogP contribution in [-0.2, 0) is 13.1 Å². The molecule has 0 atom stereocenters. The number of aromatic amines is 1. The van der Waals surface area contributed by atoms with Gasteiger partial charge in [-0.15, -0.1) is 11.8 Å². The van der Waals surface area contributed by atoms with Gasteiger partial charge in [-0.3, -0.25) is 9.48 Å². The average Bonchev–Trinajstić information content (AvgIpc) is 3.08. The Balaban J connectivity index is 2.13. The van der Waals surface area contributed by atoms with Crippen LogP contribution in [0, 0.1) is 11.8 Å². The summed E-state index contributed by atoms with van der Waals surface area (Å²) in [6.07, 6.45) is 6.36. The first-order valence-electron chi connectivity index (χ1n) is 7.93. The zero-order valence-electron chi connectivity index (χ0n) is 13.5. The van der Waals surface area contributed by atoms with Crippen molar-refractivity contribution in [3.05, 3.63) is 22.7 Å². The van der Waals surface area contributed by atoms with E-state index in [0.29, 0.717) is 29.7 Å². The van der Waals surface area contributed by atoms with Crippen LogP contribution in [-0.4, -0.2) is 19.3 Å². The van der Waals surface area contributed by atoms with Gasteiger partial charge in [-0.1, -0.05) is 13.3 Å². The molecule has 0 aliphatic rings. The minimum absolute atomic E-state index is 0.0510. The molecular formula is C17H21N5O. The summed E-state index contributed by atoms with van der Waals surface area (Å²) < 4.78 is 3.64. The van der Waals surface area contributed by atoms with Gasteiger partial charge in [-0.05, 0) is 13.3 Å². The monoisotopic (exact) mass is 311 g/mol. The molecule has 3 rings (SSSR count). The van der Waals surface area contributed by atoms with Crippen molar-refractivity contribution in [2.45, 2.75) is 46.2 Å². The largest absolute Gasteiger partial charge is 0.397 e. The van der Waals surface area contributed by atoms with Gasteiger partial charge in [0.05, 0.1) is 28.5 Å². The summed E-state index contributed by atoms with van der Waals surface area (Å²) in [5.41, 5.74) is 8.12. The van der Waals surface area contributed by atoms with E-state index in [1.54, 1.807) is 10.8 Å². The van der Waals surface area contributed by atoms with Crippen LogP contribution in [0.5, 0.6) is 0 Å². The van der Waals surface area contributed by atoms with Crippen LogP contribution in [0.25, 0.3) is 21.9 Å². The summed E-state index contributed by atoms with van der Waals surface area (Å²) in [6.45, 7) is 5.34. The number of aryl methyl sites for hydroxylation is 2. The van der Waals surface area contributed by atoms with Crippen molar-refractivity contribution in [2.75, 3.05) is 5.73 Å². The number of aromatic nitrogens is 4. The van der Waals surface area contributed by atoms with Gasteiger partial charge in [0.25, 0.3) is 5.56 Å². The van der Waals surface area contributed by atoms with Crippen LogP contribution >= 0.6 is 0 Å². The summed E-state index contributed by atoms with van der Waals surface area (Å²) in [4.78, 5) is 17.2. The molecule has 3 N–H and O–H groups in total. The maximum atomic E-state index is 12.5. The molecule has 0 aliphatic carbocycles. The van der Waals surface area contributed by atoms with E-state index >= 15 is 0 Å². The molecule has 3 heterocycles. The van der Waals surface area contributed by atoms with Crippen molar-refractivity contribution < 1.29 is 0 Å². The molecular weight excluding hydrogens is 290 g/mol. The zero-order valence-corrected chi connectivity index (χ0v) is 13.5. The normalized spacial score (nSPS) is 11.0. The van der Waals surface area contributed by atoms with Crippen LogP contribution < -0.4 is 11.3 Å². The van der Waals surface area contributed by atoms with Crippen molar-refractivity contribution in [2.24, 2.45) is 0 Å². The first kappa shape index (κ1) is 15.2. The molecule has 0 aliphatic heterocycles. The van der Waals surface area contributed by atoms with Gasteiger partial charge in [0.2, 0.25) is 0 Å². The zero-order chi connectivity index (χ0) is 16.4. The first-order valence-corrected chi connectivity index (χ1v) is 7.93. The highest BCUT2D eigenvalue weighted by Crippen LogP contribution is 2.26. The Morgan fingerprint density at radius 2 is 2.22 bits per heavy atom. The van der Waals surface area contributed by atoms with Crippen LogP contribution in [0.1, 0.15) is 33.1 Å². The van der Waals surface area contributed by atoms with E-state index < -0.39 is 0 Å². The molecule has 0 amide bonds. The van der Waals surface area contributed by atoms with E-state index in [2.05, 4.69) is 28.8 Å². The second-order valence-corrected chi connectivity index (χ2v) is 5.61. The molecule has 0 unspecified atom stereocenters. The number of fused-ring (bicyclic) bond motifs is 2. The second kappa shape index (κ2) is 6.21. The minimum Gasteiger partial charge on any atom is -0.397 e. The maximum absolute atomic E-state index is 12.5. The summed E-state index contributed by atoms with van der Waals surface area (Å²) in [7, 11) is 0. The quantitative estimate of drug-likeness (QED) is 0.710. The van der Waals surface area contributed by atoms with Crippen LogP contribution in [0.4, 0.5) is 5.69 Å². The van der Waals surface area contributed by atoms with Gasteiger partial charge < -0.3 is 15.4 Å². The van der Waals surface area contributed by atoms with Gasteiger partial charge in [-0.2, -0.15) is 0 Å². The van der Waals surface area contributed by atoms with E-state index in [-0.39, 0.29) is 5.56 Å². The lowest BCUT2D eigenvalue weighted by Gasteiger charge is -2.02. The van der Waals surface area contributed by atoms with Crippen molar-refractivity contribution in [3.8, 4) is 11.8 Å². The van der Waals surface area contributed by atoms with Gasteiger partial charge in [0, 0.05) is 25.4 Å². The Morgan fingerprint density at radius 3 is 2.96 bits per heavy atom. The molecule has 0 radical (unpaired) electrons. The number of anilines is 1. The lowest BCUT2D eigenvalue weighted by molar-refractivity contribution is 0.623. The fourth-order valence-electron chi connectivity index (χ4n) is 2.80. The molecule has 120 valence electrons. The number of hydrogen-bond acceptors (Lipinski definition) is 3. The van der Waals surface area contributed by atoms with Crippen LogP contribution in [0.2, 0.25) is 0 Å². The third-order valence-electron chi connectivity index (χ3n) is 4.05. The maximum Gasteiger partial charge on any atom is 0.262 e. The number of H-pyrrole nitrogens is 1.